The molecule has 2 aliphatic heterocycles. The van der Waals surface area contributed by atoms with E-state index < -0.39 is 0 Å². The van der Waals surface area contributed by atoms with Crippen molar-refractivity contribution >= 4 is 11.0 Å². The summed E-state index contributed by atoms with van der Waals surface area (Å²) in [4.78, 5) is 16.4. The Hall–Kier alpha value is -2.96. The molecule has 6 nitrogen and oxygen atoms in total. The van der Waals surface area contributed by atoms with Crippen LogP contribution in [0.4, 0.5) is 0 Å². The zero-order valence-corrected chi connectivity index (χ0v) is 16.9. The van der Waals surface area contributed by atoms with E-state index >= 15 is 0 Å². The largest absolute Gasteiger partial charge is 0.341 e. The Bertz CT molecular complexity index is 1160. The van der Waals surface area contributed by atoms with Crippen molar-refractivity contribution in [1.29, 1.82) is 0 Å². The predicted molar refractivity (Wildman–Crippen MR) is 119 cm³/mol. The summed E-state index contributed by atoms with van der Waals surface area (Å²) in [6.45, 7) is 2.16. The first-order valence-corrected chi connectivity index (χ1v) is 11.0. The van der Waals surface area contributed by atoms with Gasteiger partial charge >= 0.3 is 0 Å². The second-order valence-electron chi connectivity index (χ2n) is 8.41. The molecule has 152 valence electrons. The highest BCUT2D eigenvalue weighted by Gasteiger charge is 2.20. The van der Waals surface area contributed by atoms with E-state index in [2.05, 4.69) is 68.1 Å². The molecule has 0 radical (unpaired) electrons. The average Bonchev–Trinajstić information content (AvgIpc) is 3.58. The van der Waals surface area contributed by atoms with Crippen molar-refractivity contribution < 1.29 is 0 Å². The fourth-order valence-corrected chi connectivity index (χ4v) is 4.71. The van der Waals surface area contributed by atoms with Gasteiger partial charge in [0.1, 0.15) is 11.6 Å². The van der Waals surface area contributed by atoms with Gasteiger partial charge in [-0.05, 0) is 67.6 Å². The van der Waals surface area contributed by atoms with Crippen LogP contribution in [0.5, 0.6) is 0 Å². The number of nitrogens with one attached hydrogen (secondary N) is 4. The minimum Gasteiger partial charge on any atom is -0.341 e. The van der Waals surface area contributed by atoms with Crippen molar-refractivity contribution in [2.75, 3.05) is 13.1 Å². The molecular weight excluding hydrogens is 372 g/mol. The standard InChI is InChI=1S/C24H26N6/c1-3-19(25-11-1)23-27-14-22(30-23)16-7-5-15(6-8-16)17-9-10-18-21(13-17)29-24(28-18)20-4-2-12-26-20/h5-10,13-14,19-20,25-26H,1-4,11-12H2,(H,27,30)(H,28,29)/t19-,20+/m1/s1. The van der Waals surface area contributed by atoms with Crippen LogP contribution in [0.15, 0.2) is 48.7 Å². The van der Waals surface area contributed by atoms with Gasteiger partial charge in [-0.3, -0.25) is 0 Å². The number of rotatable bonds is 4. The molecule has 2 fully saturated rings. The van der Waals surface area contributed by atoms with Crippen molar-refractivity contribution in [1.82, 2.24) is 30.6 Å². The number of aromatic amines is 2. The summed E-state index contributed by atoms with van der Waals surface area (Å²) < 4.78 is 0. The molecule has 4 aromatic rings. The number of H-pyrrole nitrogens is 2. The molecule has 0 bridgehead atoms. The van der Waals surface area contributed by atoms with E-state index in [0.29, 0.717) is 12.1 Å². The Kier molecular flexibility index (Phi) is 4.39. The average molecular weight is 399 g/mol. The van der Waals surface area contributed by atoms with Crippen LogP contribution in [-0.2, 0) is 0 Å². The molecule has 2 aliphatic rings. The van der Waals surface area contributed by atoms with Gasteiger partial charge in [-0.25, -0.2) is 9.97 Å². The molecule has 4 heterocycles. The van der Waals surface area contributed by atoms with Crippen LogP contribution in [0.2, 0.25) is 0 Å². The molecule has 6 rings (SSSR count). The lowest BCUT2D eigenvalue weighted by Gasteiger charge is -2.06. The van der Waals surface area contributed by atoms with Crippen LogP contribution in [0.25, 0.3) is 33.4 Å². The smallest absolute Gasteiger partial charge is 0.124 e. The summed E-state index contributed by atoms with van der Waals surface area (Å²) in [5.41, 5.74) is 6.76. The van der Waals surface area contributed by atoms with Gasteiger partial charge in [0.05, 0.1) is 35.0 Å². The van der Waals surface area contributed by atoms with Gasteiger partial charge in [0.15, 0.2) is 0 Å². The second kappa shape index (κ2) is 7.38. The van der Waals surface area contributed by atoms with E-state index in [-0.39, 0.29) is 0 Å². The molecule has 2 aromatic carbocycles. The fraction of sp³-hybridized carbons (Fsp3) is 0.333. The third-order valence-electron chi connectivity index (χ3n) is 6.41. The lowest BCUT2D eigenvalue weighted by Crippen LogP contribution is -2.14. The molecule has 30 heavy (non-hydrogen) atoms. The molecule has 2 aromatic heterocycles. The van der Waals surface area contributed by atoms with Gasteiger partial charge in [-0.15, -0.1) is 0 Å². The Labute approximate surface area is 175 Å². The molecule has 0 unspecified atom stereocenters. The van der Waals surface area contributed by atoms with Gasteiger partial charge < -0.3 is 20.6 Å². The summed E-state index contributed by atoms with van der Waals surface area (Å²) in [6, 6.07) is 15.9. The van der Waals surface area contributed by atoms with E-state index in [4.69, 9.17) is 4.98 Å². The number of fused-ring (bicyclic) bond motifs is 1. The zero-order valence-electron chi connectivity index (χ0n) is 16.9. The maximum absolute atomic E-state index is 4.78. The summed E-state index contributed by atoms with van der Waals surface area (Å²) in [6.07, 6.45) is 6.68. The van der Waals surface area contributed by atoms with E-state index in [1.54, 1.807) is 0 Å². The highest BCUT2D eigenvalue weighted by molar-refractivity contribution is 5.82. The van der Waals surface area contributed by atoms with Crippen molar-refractivity contribution in [2.24, 2.45) is 0 Å². The maximum Gasteiger partial charge on any atom is 0.124 e. The van der Waals surface area contributed by atoms with Crippen LogP contribution in [0, 0.1) is 0 Å². The molecule has 2 atom stereocenters. The lowest BCUT2D eigenvalue weighted by molar-refractivity contribution is 0.613. The maximum atomic E-state index is 4.78. The third-order valence-corrected chi connectivity index (χ3v) is 6.41. The molecular formula is C24H26N6. The van der Waals surface area contributed by atoms with Crippen molar-refractivity contribution in [3.8, 4) is 22.4 Å². The lowest BCUT2D eigenvalue weighted by atomic mass is 10.0. The van der Waals surface area contributed by atoms with E-state index in [1.807, 2.05) is 6.20 Å². The van der Waals surface area contributed by atoms with Gasteiger partial charge in [-0.2, -0.15) is 0 Å². The van der Waals surface area contributed by atoms with Crippen LogP contribution >= 0.6 is 0 Å². The zero-order chi connectivity index (χ0) is 19.9. The first-order valence-electron chi connectivity index (χ1n) is 11.0. The number of imidazole rings is 2. The van der Waals surface area contributed by atoms with Crippen LogP contribution < -0.4 is 10.6 Å². The van der Waals surface area contributed by atoms with Crippen LogP contribution in [0.1, 0.15) is 49.4 Å². The molecule has 2 saturated heterocycles. The Morgan fingerprint density at radius 1 is 0.733 bits per heavy atom. The van der Waals surface area contributed by atoms with Gasteiger partial charge in [0.25, 0.3) is 0 Å². The Morgan fingerprint density at radius 2 is 1.43 bits per heavy atom. The quantitative estimate of drug-likeness (QED) is 0.409. The van der Waals surface area contributed by atoms with Gasteiger partial charge in [0, 0.05) is 0 Å². The SMILES string of the molecule is c1cc(-c2cnc([C@H]3CCCN3)[nH]2)ccc1-c1ccc2nc([C@@H]3CCCN3)[nH]c2c1. The highest BCUT2D eigenvalue weighted by atomic mass is 15.0. The predicted octanol–water partition coefficient (Wildman–Crippen LogP) is 4.47. The van der Waals surface area contributed by atoms with Crippen molar-refractivity contribution in [3.05, 3.63) is 60.3 Å². The normalized spacial score (nSPS) is 21.6. The first-order chi connectivity index (χ1) is 14.8. The number of benzene rings is 2. The topological polar surface area (TPSA) is 81.4 Å². The van der Waals surface area contributed by atoms with Gasteiger partial charge in [-0.1, -0.05) is 30.3 Å². The Morgan fingerprint density at radius 3 is 2.17 bits per heavy atom. The molecule has 0 saturated carbocycles. The van der Waals surface area contributed by atoms with E-state index in [0.717, 1.165) is 59.9 Å². The minimum atomic E-state index is 0.360. The molecule has 0 amide bonds. The summed E-state index contributed by atoms with van der Waals surface area (Å²) in [5.74, 6) is 2.10. The number of nitrogens with zero attached hydrogens (tertiary/aromatic N) is 2. The molecule has 6 heteroatoms. The Balaban J connectivity index is 1.25. The highest BCUT2D eigenvalue weighted by Crippen LogP contribution is 2.29. The van der Waals surface area contributed by atoms with Gasteiger partial charge in [0.2, 0.25) is 0 Å². The summed E-state index contributed by atoms with van der Waals surface area (Å²) in [7, 11) is 0. The number of aromatic nitrogens is 4. The van der Waals surface area contributed by atoms with E-state index in [9.17, 15) is 0 Å². The van der Waals surface area contributed by atoms with Crippen LogP contribution in [-0.4, -0.2) is 33.0 Å². The summed E-state index contributed by atoms with van der Waals surface area (Å²) >= 11 is 0. The number of hydrogen-bond donors (Lipinski definition) is 4. The summed E-state index contributed by atoms with van der Waals surface area (Å²) in [5, 5.41) is 7.01. The third kappa shape index (κ3) is 3.22. The van der Waals surface area contributed by atoms with E-state index in [1.165, 1.54) is 24.0 Å². The molecule has 0 aliphatic carbocycles. The minimum absolute atomic E-state index is 0.360. The molecule has 0 spiro atoms. The van der Waals surface area contributed by atoms with Crippen molar-refractivity contribution in [3.63, 3.8) is 0 Å². The fourth-order valence-electron chi connectivity index (χ4n) is 4.71. The second-order valence-corrected chi connectivity index (χ2v) is 8.41. The molecule has 4 N–H and O–H groups in total. The van der Waals surface area contributed by atoms with Crippen LogP contribution in [0.3, 0.4) is 0 Å². The monoisotopic (exact) mass is 398 g/mol. The van der Waals surface area contributed by atoms with Crippen molar-refractivity contribution in [2.45, 2.75) is 37.8 Å². The number of hydrogen-bond acceptors (Lipinski definition) is 4. The first kappa shape index (κ1) is 17.9.